The van der Waals surface area contributed by atoms with Crippen molar-refractivity contribution in [3.63, 3.8) is 0 Å². The molecule has 3 nitrogen and oxygen atoms in total. The van der Waals surface area contributed by atoms with Crippen molar-refractivity contribution < 1.29 is 4.42 Å². The van der Waals surface area contributed by atoms with E-state index in [0.29, 0.717) is 0 Å². The van der Waals surface area contributed by atoms with Gasteiger partial charge in [0.15, 0.2) is 5.58 Å². The van der Waals surface area contributed by atoms with E-state index in [4.69, 9.17) is 4.42 Å². The Kier molecular flexibility index (Phi) is 6.47. The van der Waals surface area contributed by atoms with Crippen LogP contribution in [0.1, 0.15) is 0 Å². The minimum atomic E-state index is 0.792. The molecule has 44 heavy (non-hydrogen) atoms. The van der Waals surface area contributed by atoms with Crippen LogP contribution in [0.3, 0.4) is 0 Å². The van der Waals surface area contributed by atoms with E-state index in [1.807, 2.05) is 18.3 Å². The number of aromatic nitrogens is 1. The molecule has 0 aliphatic carbocycles. The predicted molar refractivity (Wildman–Crippen MR) is 183 cm³/mol. The van der Waals surface area contributed by atoms with E-state index in [1.165, 1.54) is 33.4 Å². The zero-order chi connectivity index (χ0) is 29.3. The summed E-state index contributed by atoms with van der Waals surface area (Å²) in [4.78, 5) is 6.56. The van der Waals surface area contributed by atoms with Gasteiger partial charge in [-0.25, -0.2) is 0 Å². The topological polar surface area (TPSA) is 29.3 Å². The first kappa shape index (κ1) is 25.8. The smallest absolute Gasteiger partial charge is 0.153 e. The Labute approximate surface area is 256 Å². The van der Waals surface area contributed by atoms with Gasteiger partial charge in [-0.1, -0.05) is 109 Å². The lowest BCUT2D eigenvalue weighted by atomic mass is 9.94. The van der Waals surface area contributed by atoms with Gasteiger partial charge in [-0.2, -0.15) is 0 Å². The van der Waals surface area contributed by atoms with E-state index >= 15 is 0 Å². The number of nitrogens with zero attached hydrogens (tertiary/aromatic N) is 2. The quantitative estimate of drug-likeness (QED) is 0.201. The number of hydrogen-bond acceptors (Lipinski definition) is 3. The van der Waals surface area contributed by atoms with E-state index in [0.717, 1.165) is 39.0 Å². The molecule has 8 aromatic rings. The molecule has 0 saturated carbocycles. The summed E-state index contributed by atoms with van der Waals surface area (Å²) in [5, 5.41) is 2.13. The molecule has 0 aliphatic heterocycles. The van der Waals surface area contributed by atoms with E-state index in [1.54, 1.807) is 6.20 Å². The number of furan rings is 1. The molecule has 6 aromatic carbocycles. The van der Waals surface area contributed by atoms with Crippen LogP contribution in [0.2, 0.25) is 0 Å². The Morgan fingerprint density at radius 1 is 0.409 bits per heavy atom. The monoisotopic (exact) mass is 564 g/mol. The molecule has 0 spiro atoms. The normalized spacial score (nSPS) is 11.2. The van der Waals surface area contributed by atoms with Crippen molar-refractivity contribution in [2.75, 3.05) is 4.90 Å². The molecule has 8 rings (SSSR count). The molecule has 0 saturated heterocycles. The lowest BCUT2D eigenvalue weighted by molar-refractivity contribution is 0.667. The van der Waals surface area contributed by atoms with Crippen molar-refractivity contribution in [2.45, 2.75) is 0 Å². The van der Waals surface area contributed by atoms with Crippen LogP contribution in [0.25, 0.3) is 55.3 Å². The summed E-state index contributed by atoms with van der Waals surface area (Å²) in [5.74, 6) is 0. The first-order valence-electron chi connectivity index (χ1n) is 14.8. The predicted octanol–water partition coefficient (Wildman–Crippen LogP) is 11.5. The first-order chi connectivity index (χ1) is 21.8. The maximum absolute atomic E-state index is 6.09. The second-order valence-electron chi connectivity index (χ2n) is 10.9. The number of anilines is 3. The molecule has 2 heterocycles. The molecule has 2 aromatic heterocycles. The largest absolute Gasteiger partial charge is 0.454 e. The zero-order valence-electron chi connectivity index (χ0n) is 24.0. The molecule has 0 amide bonds. The van der Waals surface area contributed by atoms with Gasteiger partial charge >= 0.3 is 0 Å². The van der Waals surface area contributed by atoms with E-state index in [-0.39, 0.29) is 0 Å². The van der Waals surface area contributed by atoms with Gasteiger partial charge < -0.3 is 9.32 Å². The van der Waals surface area contributed by atoms with Crippen LogP contribution < -0.4 is 4.90 Å². The Balaban J connectivity index is 1.24. The van der Waals surface area contributed by atoms with Gasteiger partial charge in [0.05, 0.1) is 6.20 Å². The molecule has 3 heteroatoms. The summed E-state index contributed by atoms with van der Waals surface area (Å²) < 4.78 is 6.09. The number of benzene rings is 6. The van der Waals surface area contributed by atoms with Gasteiger partial charge in [0, 0.05) is 34.0 Å². The summed E-state index contributed by atoms with van der Waals surface area (Å²) >= 11 is 0. The number of pyridine rings is 1. The summed E-state index contributed by atoms with van der Waals surface area (Å²) in [5.41, 5.74) is 12.1. The molecule has 0 atom stereocenters. The summed E-state index contributed by atoms with van der Waals surface area (Å²) in [6, 6.07) is 55.7. The Morgan fingerprint density at radius 2 is 0.932 bits per heavy atom. The number of rotatable bonds is 6. The van der Waals surface area contributed by atoms with Gasteiger partial charge in [-0.15, -0.1) is 0 Å². The van der Waals surface area contributed by atoms with Gasteiger partial charge in [-0.3, -0.25) is 4.98 Å². The maximum Gasteiger partial charge on any atom is 0.153 e. The number of fused-ring (bicyclic) bond motifs is 3. The minimum Gasteiger partial charge on any atom is -0.454 e. The van der Waals surface area contributed by atoms with Crippen molar-refractivity contribution in [3.05, 3.63) is 170 Å². The Bertz CT molecular complexity index is 2200. The second-order valence-corrected chi connectivity index (χ2v) is 10.9. The van der Waals surface area contributed by atoms with Crippen molar-refractivity contribution in [3.8, 4) is 33.4 Å². The van der Waals surface area contributed by atoms with Crippen molar-refractivity contribution in [1.29, 1.82) is 0 Å². The van der Waals surface area contributed by atoms with E-state index in [9.17, 15) is 0 Å². The highest BCUT2D eigenvalue weighted by atomic mass is 16.3. The third-order valence-corrected chi connectivity index (χ3v) is 8.20. The summed E-state index contributed by atoms with van der Waals surface area (Å²) in [6.45, 7) is 0. The molecular formula is C41H28N2O. The molecule has 0 N–H and O–H groups in total. The SMILES string of the molecule is c1ccc(-c2ccc(N(c3ccc(-c4ccccc4-c4ccccc4)cc3)c3ccc4oc5cnccc5c4c3)cc2)cc1. The zero-order valence-corrected chi connectivity index (χ0v) is 24.0. The maximum atomic E-state index is 6.09. The molecule has 208 valence electrons. The van der Waals surface area contributed by atoms with Crippen molar-refractivity contribution in [2.24, 2.45) is 0 Å². The fourth-order valence-corrected chi connectivity index (χ4v) is 6.03. The van der Waals surface area contributed by atoms with Gasteiger partial charge in [0.1, 0.15) is 5.58 Å². The van der Waals surface area contributed by atoms with Gasteiger partial charge in [-0.05, 0) is 81.9 Å². The van der Waals surface area contributed by atoms with Crippen LogP contribution >= 0.6 is 0 Å². The molecule has 0 fully saturated rings. The lowest BCUT2D eigenvalue weighted by Gasteiger charge is -2.26. The molecule has 0 unspecified atom stereocenters. The highest BCUT2D eigenvalue weighted by Gasteiger charge is 2.16. The molecule has 0 radical (unpaired) electrons. The third kappa shape index (κ3) is 4.71. The summed E-state index contributed by atoms with van der Waals surface area (Å²) in [6.07, 6.45) is 3.59. The van der Waals surface area contributed by atoms with Crippen LogP contribution in [0.15, 0.2) is 175 Å². The van der Waals surface area contributed by atoms with Crippen molar-refractivity contribution in [1.82, 2.24) is 4.98 Å². The molecule has 0 aliphatic rings. The third-order valence-electron chi connectivity index (χ3n) is 8.20. The Hall–Kier alpha value is -5.93. The van der Waals surface area contributed by atoms with Crippen LogP contribution in [-0.4, -0.2) is 4.98 Å². The van der Waals surface area contributed by atoms with E-state index in [2.05, 4.69) is 155 Å². The molecule has 0 bridgehead atoms. The van der Waals surface area contributed by atoms with Crippen molar-refractivity contribution >= 4 is 39.0 Å². The Morgan fingerprint density at radius 3 is 1.59 bits per heavy atom. The summed E-state index contributed by atoms with van der Waals surface area (Å²) in [7, 11) is 0. The van der Waals surface area contributed by atoms with Crippen LogP contribution in [0.5, 0.6) is 0 Å². The lowest BCUT2D eigenvalue weighted by Crippen LogP contribution is -2.09. The number of hydrogen-bond donors (Lipinski definition) is 0. The van der Waals surface area contributed by atoms with Crippen LogP contribution in [0, 0.1) is 0 Å². The van der Waals surface area contributed by atoms with Gasteiger partial charge in [0.25, 0.3) is 0 Å². The van der Waals surface area contributed by atoms with Crippen LogP contribution in [0.4, 0.5) is 17.1 Å². The first-order valence-corrected chi connectivity index (χ1v) is 14.8. The fourth-order valence-electron chi connectivity index (χ4n) is 6.03. The highest BCUT2D eigenvalue weighted by Crippen LogP contribution is 2.40. The second kappa shape index (κ2) is 11.0. The van der Waals surface area contributed by atoms with Gasteiger partial charge in [0.2, 0.25) is 0 Å². The fraction of sp³-hybridized carbons (Fsp3) is 0. The average Bonchev–Trinajstić information content (AvgIpc) is 3.48. The van der Waals surface area contributed by atoms with E-state index < -0.39 is 0 Å². The minimum absolute atomic E-state index is 0.792. The van der Waals surface area contributed by atoms with Crippen LogP contribution in [-0.2, 0) is 0 Å². The molecular weight excluding hydrogens is 536 g/mol. The highest BCUT2D eigenvalue weighted by molar-refractivity contribution is 6.06. The average molecular weight is 565 g/mol. The standard InChI is InChI=1S/C41H28N2O/c1-3-9-29(10-4-1)30-15-19-33(20-16-30)43(35-23-24-40-39(27-35)38-25-26-42-28-41(38)44-40)34-21-17-32(18-22-34)37-14-8-7-13-36(37)31-11-5-2-6-12-31/h1-28H.